The van der Waals surface area contributed by atoms with Crippen molar-refractivity contribution in [2.24, 2.45) is 11.8 Å². The topological polar surface area (TPSA) is 46.5 Å². The van der Waals surface area contributed by atoms with E-state index in [1.165, 1.54) is 7.11 Å². The first-order chi connectivity index (χ1) is 5.69. The Kier molecular flexibility index (Phi) is 3.35. The van der Waals surface area contributed by atoms with E-state index in [-0.39, 0.29) is 17.8 Å². The summed E-state index contributed by atoms with van der Waals surface area (Å²) in [6.07, 6.45) is 0.714. The minimum Gasteiger partial charge on any atom is -0.469 e. The van der Waals surface area contributed by atoms with E-state index in [0.29, 0.717) is 18.7 Å². The van der Waals surface area contributed by atoms with Crippen LogP contribution in [0.5, 0.6) is 0 Å². The van der Waals surface area contributed by atoms with Gasteiger partial charge >= 0.3 is 5.97 Å². The molecule has 0 aromatic heterocycles. The number of carbonyl (C=O) groups is 1. The molecule has 0 saturated heterocycles. The predicted molar refractivity (Wildman–Crippen MR) is 45.0 cm³/mol. The molecule has 12 heavy (non-hydrogen) atoms. The van der Waals surface area contributed by atoms with E-state index in [4.69, 9.17) is 11.6 Å². The molecule has 0 radical (unpaired) electrons. The van der Waals surface area contributed by atoms with Gasteiger partial charge in [0.15, 0.2) is 0 Å². The molecule has 0 unspecified atom stereocenters. The Hall–Kier alpha value is -0.280. The maximum absolute atomic E-state index is 11.1. The normalized spacial score (nSPS) is 35.1. The molecule has 0 spiro atoms. The van der Waals surface area contributed by atoms with Crippen molar-refractivity contribution in [2.75, 3.05) is 13.0 Å². The fraction of sp³-hybridized carbons (Fsp3) is 0.875. The van der Waals surface area contributed by atoms with Crippen molar-refractivity contribution >= 4 is 17.6 Å². The second-order valence-corrected chi connectivity index (χ2v) is 3.48. The average Bonchev–Trinajstić information content (AvgIpc) is 2.45. The van der Waals surface area contributed by atoms with Crippen LogP contribution in [0.25, 0.3) is 0 Å². The lowest BCUT2D eigenvalue weighted by Crippen LogP contribution is -2.21. The Labute approximate surface area is 76.7 Å². The fourth-order valence-electron chi connectivity index (χ4n) is 1.71. The zero-order valence-electron chi connectivity index (χ0n) is 7.00. The number of hydrogen-bond acceptors (Lipinski definition) is 3. The van der Waals surface area contributed by atoms with Gasteiger partial charge < -0.3 is 9.84 Å². The standard InChI is InChI=1S/C8H13ClO3/c1-12-8(11)7-3-6(10)2-5(7)4-9/h5-7,10H,2-4H2,1H3/t5-,6-,7-/m0/s1. The number of aliphatic hydroxyl groups excluding tert-OH is 1. The molecule has 1 rings (SSSR count). The highest BCUT2D eigenvalue weighted by Crippen LogP contribution is 2.33. The van der Waals surface area contributed by atoms with Gasteiger partial charge in [0.05, 0.1) is 19.1 Å². The molecule has 0 amide bonds. The molecule has 1 saturated carbocycles. The highest BCUT2D eigenvalue weighted by atomic mass is 35.5. The van der Waals surface area contributed by atoms with Gasteiger partial charge in [0.25, 0.3) is 0 Å². The van der Waals surface area contributed by atoms with Crippen molar-refractivity contribution < 1.29 is 14.6 Å². The van der Waals surface area contributed by atoms with Crippen LogP contribution in [0.4, 0.5) is 0 Å². The SMILES string of the molecule is COC(=O)[C@H]1C[C@@H](O)C[C@H]1CCl. The summed E-state index contributed by atoms with van der Waals surface area (Å²) in [5.41, 5.74) is 0. The maximum atomic E-state index is 11.1. The number of rotatable bonds is 2. The van der Waals surface area contributed by atoms with Crippen LogP contribution < -0.4 is 0 Å². The first-order valence-corrected chi connectivity index (χ1v) is 4.54. The lowest BCUT2D eigenvalue weighted by atomic mass is 9.98. The minimum absolute atomic E-state index is 0.0779. The third-order valence-electron chi connectivity index (χ3n) is 2.37. The molecule has 70 valence electrons. The highest BCUT2D eigenvalue weighted by Gasteiger charge is 2.37. The van der Waals surface area contributed by atoms with Gasteiger partial charge in [0.2, 0.25) is 0 Å². The molecule has 3 atom stereocenters. The number of hydrogen-bond donors (Lipinski definition) is 1. The average molecular weight is 193 g/mol. The fourth-order valence-corrected chi connectivity index (χ4v) is 2.05. The number of carbonyl (C=O) groups excluding carboxylic acids is 1. The summed E-state index contributed by atoms with van der Waals surface area (Å²) in [5.74, 6) is 0.0328. The molecule has 1 fully saturated rings. The van der Waals surface area contributed by atoms with Gasteiger partial charge in [-0.05, 0) is 18.8 Å². The zero-order valence-corrected chi connectivity index (χ0v) is 7.75. The van der Waals surface area contributed by atoms with E-state index < -0.39 is 6.10 Å². The van der Waals surface area contributed by atoms with E-state index in [1.54, 1.807) is 0 Å². The molecule has 0 heterocycles. The molecule has 1 aliphatic carbocycles. The third-order valence-corrected chi connectivity index (χ3v) is 2.77. The molecular formula is C8H13ClO3. The first kappa shape index (κ1) is 9.81. The molecule has 3 nitrogen and oxygen atoms in total. The van der Waals surface area contributed by atoms with Crippen LogP contribution in [0.1, 0.15) is 12.8 Å². The van der Waals surface area contributed by atoms with E-state index >= 15 is 0 Å². The summed E-state index contributed by atoms with van der Waals surface area (Å²) < 4.78 is 4.61. The number of ether oxygens (including phenoxy) is 1. The molecule has 0 bridgehead atoms. The monoisotopic (exact) mass is 192 g/mol. The summed E-state index contributed by atoms with van der Waals surface area (Å²) in [7, 11) is 1.36. The van der Waals surface area contributed by atoms with Crippen LogP contribution in [0.15, 0.2) is 0 Å². The quantitative estimate of drug-likeness (QED) is 0.520. The van der Waals surface area contributed by atoms with Gasteiger partial charge in [-0.15, -0.1) is 11.6 Å². The molecule has 0 aromatic carbocycles. The summed E-state index contributed by atoms with van der Waals surface area (Å²) in [6.45, 7) is 0. The molecule has 0 aliphatic heterocycles. The Bertz CT molecular complexity index is 172. The number of methoxy groups -OCH3 is 1. The number of aliphatic hydroxyl groups is 1. The van der Waals surface area contributed by atoms with Crippen LogP contribution >= 0.6 is 11.6 Å². The van der Waals surface area contributed by atoms with Crippen molar-refractivity contribution in [1.29, 1.82) is 0 Å². The van der Waals surface area contributed by atoms with Gasteiger partial charge in [-0.25, -0.2) is 0 Å². The first-order valence-electron chi connectivity index (χ1n) is 4.01. The summed E-state index contributed by atoms with van der Waals surface area (Å²) in [4.78, 5) is 11.1. The van der Waals surface area contributed by atoms with Crippen LogP contribution in [0.3, 0.4) is 0 Å². The van der Waals surface area contributed by atoms with E-state index in [1.807, 2.05) is 0 Å². The molecule has 0 aromatic rings. The Morgan fingerprint density at radius 1 is 1.67 bits per heavy atom. The van der Waals surface area contributed by atoms with E-state index in [2.05, 4.69) is 4.74 Å². The van der Waals surface area contributed by atoms with Crippen molar-refractivity contribution in [3.63, 3.8) is 0 Å². The summed E-state index contributed by atoms with van der Waals surface area (Å²) in [6, 6.07) is 0. The van der Waals surface area contributed by atoms with Crippen molar-refractivity contribution in [3.8, 4) is 0 Å². The van der Waals surface area contributed by atoms with Crippen LogP contribution in [-0.2, 0) is 9.53 Å². The summed E-state index contributed by atoms with van der Waals surface area (Å²) in [5, 5.41) is 9.28. The Balaban J connectivity index is 2.57. The van der Waals surface area contributed by atoms with Gasteiger partial charge in [-0.2, -0.15) is 0 Å². The predicted octanol–water partition coefficient (Wildman–Crippen LogP) is 0.785. The smallest absolute Gasteiger partial charge is 0.309 e. The molecular weight excluding hydrogens is 180 g/mol. The third kappa shape index (κ3) is 1.90. The van der Waals surface area contributed by atoms with Gasteiger partial charge in [-0.3, -0.25) is 4.79 Å². The van der Waals surface area contributed by atoms with E-state index in [9.17, 15) is 9.90 Å². The van der Waals surface area contributed by atoms with Crippen molar-refractivity contribution in [1.82, 2.24) is 0 Å². The van der Waals surface area contributed by atoms with Crippen molar-refractivity contribution in [3.05, 3.63) is 0 Å². The van der Waals surface area contributed by atoms with Crippen LogP contribution in [0.2, 0.25) is 0 Å². The lowest BCUT2D eigenvalue weighted by Gasteiger charge is -2.12. The highest BCUT2D eigenvalue weighted by molar-refractivity contribution is 6.18. The number of halogens is 1. The second kappa shape index (κ2) is 4.10. The lowest BCUT2D eigenvalue weighted by molar-refractivity contribution is -0.146. The molecule has 4 heteroatoms. The number of alkyl halides is 1. The zero-order chi connectivity index (χ0) is 9.14. The maximum Gasteiger partial charge on any atom is 0.309 e. The van der Waals surface area contributed by atoms with Crippen LogP contribution in [0, 0.1) is 11.8 Å². The minimum atomic E-state index is -0.391. The summed E-state index contributed by atoms with van der Waals surface area (Å²) >= 11 is 5.65. The largest absolute Gasteiger partial charge is 0.469 e. The Morgan fingerprint density at radius 3 is 2.83 bits per heavy atom. The molecule has 1 N–H and O–H groups in total. The van der Waals surface area contributed by atoms with Gasteiger partial charge in [-0.1, -0.05) is 0 Å². The van der Waals surface area contributed by atoms with Crippen molar-refractivity contribution in [2.45, 2.75) is 18.9 Å². The van der Waals surface area contributed by atoms with E-state index in [0.717, 1.165) is 0 Å². The molecule has 1 aliphatic rings. The van der Waals surface area contributed by atoms with Crippen LogP contribution in [-0.4, -0.2) is 30.2 Å². The Morgan fingerprint density at radius 2 is 2.33 bits per heavy atom. The van der Waals surface area contributed by atoms with Gasteiger partial charge in [0, 0.05) is 5.88 Å². The second-order valence-electron chi connectivity index (χ2n) is 3.17. The number of esters is 1. The van der Waals surface area contributed by atoms with Gasteiger partial charge in [0.1, 0.15) is 0 Å².